The van der Waals surface area contributed by atoms with Crippen LogP contribution in [0.1, 0.15) is 90.1 Å². The average Bonchev–Trinajstić information content (AvgIpc) is 2.90. The summed E-state index contributed by atoms with van der Waals surface area (Å²) in [4.78, 5) is 55.4. The molecule has 3 amide bonds. The molecule has 0 aromatic heterocycles. The van der Waals surface area contributed by atoms with Crippen molar-refractivity contribution in [3.8, 4) is 0 Å². The molecule has 0 aliphatic rings. The zero-order valence-electron chi connectivity index (χ0n) is 27.4. The fourth-order valence-corrected chi connectivity index (χ4v) is 4.55. The van der Waals surface area contributed by atoms with Gasteiger partial charge < -0.3 is 25.0 Å². The lowest BCUT2D eigenvalue weighted by Crippen LogP contribution is -2.54. The highest BCUT2D eigenvalue weighted by Crippen LogP contribution is 2.29. The molecule has 0 bridgehead atoms. The molecule has 2 rings (SSSR count). The molecule has 3 atom stereocenters. The fraction of sp³-hybridized carbons (Fsp3) is 0.529. The molecule has 0 saturated heterocycles. The van der Waals surface area contributed by atoms with Crippen LogP contribution in [-0.4, -0.2) is 58.6 Å². The standard InChI is InChI=1S/C34H49N3O6/c1-11-23(3)37(28(38)21-35-32(41)43-34(8,9)10)29(26-19-15-16-22(2)24(26)4)30(39)36-27(31(40)42-33(5,6)7)20-25-17-13-12-14-18-25/h12-19,23,27,29H,11,20-21H2,1-10H3,(H,35,41)(H,36,39). The summed E-state index contributed by atoms with van der Waals surface area (Å²) in [6.45, 7) is 17.8. The molecule has 0 spiro atoms. The van der Waals surface area contributed by atoms with Gasteiger partial charge >= 0.3 is 12.1 Å². The highest BCUT2D eigenvalue weighted by molar-refractivity contribution is 5.93. The van der Waals surface area contributed by atoms with Crippen molar-refractivity contribution in [3.63, 3.8) is 0 Å². The monoisotopic (exact) mass is 595 g/mol. The zero-order valence-corrected chi connectivity index (χ0v) is 27.4. The minimum atomic E-state index is -1.08. The number of rotatable bonds is 11. The molecule has 2 aromatic rings. The van der Waals surface area contributed by atoms with E-state index in [-0.39, 0.29) is 19.0 Å². The third-order valence-electron chi connectivity index (χ3n) is 6.89. The first-order valence-corrected chi connectivity index (χ1v) is 14.8. The second-order valence-electron chi connectivity index (χ2n) is 12.9. The molecule has 0 heterocycles. The van der Waals surface area contributed by atoms with Crippen molar-refractivity contribution < 1.29 is 28.7 Å². The predicted molar refractivity (Wildman–Crippen MR) is 167 cm³/mol. The lowest BCUT2D eigenvalue weighted by atomic mass is 9.93. The van der Waals surface area contributed by atoms with Gasteiger partial charge in [0.15, 0.2) is 0 Å². The zero-order chi connectivity index (χ0) is 32.5. The molecule has 2 N–H and O–H groups in total. The van der Waals surface area contributed by atoms with Gasteiger partial charge in [0.25, 0.3) is 0 Å². The van der Waals surface area contributed by atoms with Gasteiger partial charge in [0.1, 0.15) is 29.8 Å². The van der Waals surface area contributed by atoms with Gasteiger partial charge in [-0.25, -0.2) is 9.59 Å². The fourth-order valence-electron chi connectivity index (χ4n) is 4.55. The summed E-state index contributed by atoms with van der Waals surface area (Å²) in [5.41, 5.74) is 1.77. The van der Waals surface area contributed by atoms with E-state index in [1.165, 1.54) is 4.90 Å². The molecular weight excluding hydrogens is 546 g/mol. The molecule has 0 aliphatic carbocycles. The van der Waals surface area contributed by atoms with Gasteiger partial charge in [-0.05, 0) is 91.0 Å². The first kappa shape index (κ1) is 35.3. The Kier molecular flexibility index (Phi) is 12.3. The minimum absolute atomic E-state index is 0.207. The molecule has 0 aliphatic heterocycles. The SMILES string of the molecule is CCC(C)N(C(=O)CNC(=O)OC(C)(C)C)C(C(=O)NC(Cc1ccccc1)C(=O)OC(C)(C)C)c1cccc(C)c1C. The van der Waals surface area contributed by atoms with Gasteiger partial charge in [-0.1, -0.05) is 55.5 Å². The molecule has 0 radical (unpaired) electrons. The molecule has 236 valence electrons. The normalized spacial score (nSPS) is 13.7. The van der Waals surface area contributed by atoms with Gasteiger partial charge in [0, 0.05) is 12.5 Å². The Labute approximate surface area is 256 Å². The van der Waals surface area contributed by atoms with Crippen molar-refractivity contribution >= 4 is 23.9 Å². The summed E-state index contributed by atoms with van der Waals surface area (Å²) in [6, 6.07) is 12.5. The highest BCUT2D eigenvalue weighted by Gasteiger charge is 2.38. The number of hydrogen-bond acceptors (Lipinski definition) is 6. The van der Waals surface area contributed by atoms with E-state index < -0.39 is 47.2 Å². The van der Waals surface area contributed by atoms with E-state index in [0.29, 0.717) is 12.0 Å². The minimum Gasteiger partial charge on any atom is -0.458 e. The Morgan fingerprint density at radius 3 is 2.02 bits per heavy atom. The van der Waals surface area contributed by atoms with Crippen molar-refractivity contribution in [2.75, 3.05) is 6.54 Å². The lowest BCUT2D eigenvalue weighted by molar-refractivity contribution is -0.159. The second kappa shape index (κ2) is 15.0. The van der Waals surface area contributed by atoms with E-state index in [9.17, 15) is 19.2 Å². The van der Waals surface area contributed by atoms with E-state index >= 15 is 0 Å². The number of amides is 3. The van der Waals surface area contributed by atoms with E-state index in [0.717, 1.165) is 16.7 Å². The topological polar surface area (TPSA) is 114 Å². The van der Waals surface area contributed by atoms with Crippen LogP contribution in [0.25, 0.3) is 0 Å². The summed E-state index contributed by atoms with van der Waals surface area (Å²) >= 11 is 0. The van der Waals surface area contributed by atoms with E-state index in [4.69, 9.17) is 9.47 Å². The van der Waals surface area contributed by atoms with Crippen molar-refractivity contribution in [1.82, 2.24) is 15.5 Å². The number of aryl methyl sites for hydroxylation is 1. The molecule has 2 aromatic carbocycles. The van der Waals surface area contributed by atoms with Crippen LogP contribution in [-0.2, 0) is 30.3 Å². The van der Waals surface area contributed by atoms with Crippen LogP contribution in [0.15, 0.2) is 48.5 Å². The number of nitrogens with zero attached hydrogens (tertiary/aromatic N) is 1. The number of ether oxygens (including phenoxy) is 2. The first-order chi connectivity index (χ1) is 19.9. The molecule has 3 unspecified atom stereocenters. The molecule has 9 nitrogen and oxygen atoms in total. The predicted octanol–water partition coefficient (Wildman–Crippen LogP) is 5.57. The number of esters is 1. The summed E-state index contributed by atoms with van der Waals surface area (Å²) in [5.74, 6) is -1.55. The van der Waals surface area contributed by atoms with Crippen LogP contribution in [0.5, 0.6) is 0 Å². The summed E-state index contributed by atoms with van der Waals surface area (Å²) in [5, 5.41) is 5.45. The number of carbonyl (C=O) groups excluding carboxylic acids is 4. The van der Waals surface area contributed by atoms with Crippen LogP contribution in [0.3, 0.4) is 0 Å². The maximum atomic E-state index is 14.3. The van der Waals surface area contributed by atoms with Crippen LogP contribution >= 0.6 is 0 Å². The third kappa shape index (κ3) is 11.0. The van der Waals surface area contributed by atoms with E-state index in [2.05, 4.69) is 10.6 Å². The number of carbonyl (C=O) groups is 4. The highest BCUT2D eigenvalue weighted by atomic mass is 16.6. The number of alkyl carbamates (subject to hydrolysis) is 1. The van der Waals surface area contributed by atoms with Gasteiger partial charge in [-0.15, -0.1) is 0 Å². The van der Waals surface area contributed by atoms with Gasteiger partial charge in [-0.3, -0.25) is 9.59 Å². The van der Waals surface area contributed by atoms with Crippen LogP contribution in [0.2, 0.25) is 0 Å². The van der Waals surface area contributed by atoms with Crippen LogP contribution in [0, 0.1) is 13.8 Å². The Morgan fingerprint density at radius 1 is 0.860 bits per heavy atom. The third-order valence-corrected chi connectivity index (χ3v) is 6.89. The Balaban J connectivity index is 2.54. The molecule has 0 saturated carbocycles. The maximum Gasteiger partial charge on any atom is 0.408 e. The van der Waals surface area contributed by atoms with Gasteiger partial charge in [0.2, 0.25) is 11.8 Å². The molecule has 43 heavy (non-hydrogen) atoms. The molecule has 9 heteroatoms. The van der Waals surface area contributed by atoms with Crippen molar-refractivity contribution in [2.45, 2.75) is 111 Å². The first-order valence-electron chi connectivity index (χ1n) is 14.8. The lowest BCUT2D eigenvalue weighted by Gasteiger charge is -2.37. The summed E-state index contributed by atoms with van der Waals surface area (Å²) in [7, 11) is 0. The number of benzene rings is 2. The second-order valence-corrected chi connectivity index (χ2v) is 12.9. The van der Waals surface area contributed by atoms with Crippen molar-refractivity contribution in [2.24, 2.45) is 0 Å². The van der Waals surface area contributed by atoms with Gasteiger partial charge in [0.05, 0.1) is 0 Å². The number of hydrogen-bond donors (Lipinski definition) is 2. The van der Waals surface area contributed by atoms with Crippen molar-refractivity contribution in [1.29, 1.82) is 0 Å². The van der Waals surface area contributed by atoms with Crippen molar-refractivity contribution in [3.05, 3.63) is 70.8 Å². The van der Waals surface area contributed by atoms with E-state index in [1.54, 1.807) is 41.5 Å². The molecular formula is C34H49N3O6. The Morgan fingerprint density at radius 2 is 1.47 bits per heavy atom. The quantitative estimate of drug-likeness (QED) is 0.329. The average molecular weight is 596 g/mol. The smallest absolute Gasteiger partial charge is 0.408 e. The summed E-state index contributed by atoms with van der Waals surface area (Å²) < 4.78 is 11.0. The van der Waals surface area contributed by atoms with Crippen LogP contribution in [0.4, 0.5) is 4.79 Å². The van der Waals surface area contributed by atoms with Gasteiger partial charge in [-0.2, -0.15) is 0 Å². The largest absolute Gasteiger partial charge is 0.458 e. The maximum absolute atomic E-state index is 14.3. The summed E-state index contributed by atoms with van der Waals surface area (Å²) in [6.07, 6.45) is 0.0238. The van der Waals surface area contributed by atoms with E-state index in [1.807, 2.05) is 76.2 Å². The Hall–Kier alpha value is -3.88. The molecule has 0 fully saturated rings. The number of nitrogens with one attached hydrogen (secondary N) is 2. The van der Waals surface area contributed by atoms with Crippen LogP contribution < -0.4 is 10.6 Å². The Bertz CT molecular complexity index is 1260.